The van der Waals surface area contributed by atoms with Crippen molar-refractivity contribution in [2.24, 2.45) is 0 Å². The number of carbonyl (C=O) groups excluding carboxylic acids is 1. The number of carbonyl (C=O) groups is 1. The summed E-state index contributed by atoms with van der Waals surface area (Å²) in [6.45, 7) is 8.10. The fraction of sp³-hybridized carbons (Fsp3) is 0.318. The Hall–Kier alpha value is -3.15. The molecule has 3 aromatic rings. The predicted molar refractivity (Wildman–Crippen MR) is 107 cm³/mol. The van der Waals surface area contributed by atoms with Gasteiger partial charge in [0.05, 0.1) is 0 Å². The summed E-state index contributed by atoms with van der Waals surface area (Å²) in [5, 5.41) is 4.02. The summed E-state index contributed by atoms with van der Waals surface area (Å²) in [5.41, 5.74) is 3.04. The Labute approximate surface area is 165 Å². The van der Waals surface area contributed by atoms with Gasteiger partial charge in [0.25, 0.3) is 5.91 Å². The highest BCUT2D eigenvalue weighted by molar-refractivity contribution is 5.78. The first-order valence-electron chi connectivity index (χ1n) is 9.32. The smallest absolute Gasteiger partial charge is 0.261 e. The molecule has 0 saturated carbocycles. The first kappa shape index (κ1) is 19.6. The summed E-state index contributed by atoms with van der Waals surface area (Å²) in [7, 11) is 0. The molecule has 1 aromatic heterocycles. The highest BCUT2D eigenvalue weighted by Gasteiger charge is 2.21. The SMILES string of the molecule is Cc1cccc(OCC(=O)N(Cc2nc(-c3ccccc3)no2)C(C)C)c1C. The molecular formula is C22H25N3O3. The first-order valence-corrected chi connectivity index (χ1v) is 9.32. The Bertz CT molecular complexity index is 935. The molecule has 0 spiro atoms. The van der Waals surface area contributed by atoms with Crippen LogP contribution in [0.4, 0.5) is 0 Å². The maximum Gasteiger partial charge on any atom is 0.261 e. The maximum absolute atomic E-state index is 12.7. The molecule has 0 aliphatic carbocycles. The molecule has 0 aliphatic heterocycles. The molecular weight excluding hydrogens is 354 g/mol. The maximum atomic E-state index is 12.7. The zero-order valence-corrected chi connectivity index (χ0v) is 16.7. The second-order valence-corrected chi connectivity index (χ2v) is 6.98. The van der Waals surface area contributed by atoms with Crippen LogP contribution in [0.2, 0.25) is 0 Å². The third-order valence-corrected chi connectivity index (χ3v) is 4.66. The number of hydrogen-bond acceptors (Lipinski definition) is 5. The van der Waals surface area contributed by atoms with Crippen molar-refractivity contribution in [1.82, 2.24) is 15.0 Å². The number of benzene rings is 2. The lowest BCUT2D eigenvalue weighted by atomic mass is 10.1. The van der Waals surface area contributed by atoms with E-state index < -0.39 is 0 Å². The molecule has 0 fully saturated rings. The molecule has 0 unspecified atom stereocenters. The number of nitrogens with zero attached hydrogens (tertiary/aromatic N) is 3. The standard InChI is InChI=1S/C22H25N3O3/c1-15(2)25(21(26)14-27-19-12-8-9-16(3)17(19)4)13-20-23-22(24-28-20)18-10-6-5-7-11-18/h5-12,15H,13-14H2,1-4H3. The molecule has 1 amide bonds. The van der Waals surface area contributed by atoms with Crippen LogP contribution in [0, 0.1) is 13.8 Å². The molecule has 0 N–H and O–H groups in total. The quantitative estimate of drug-likeness (QED) is 0.616. The van der Waals surface area contributed by atoms with E-state index in [1.54, 1.807) is 4.90 Å². The van der Waals surface area contributed by atoms with E-state index in [1.165, 1.54) is 0 Å². The van der Waals surface area contributed by atoms with E-state index in [9.17, 15) is 4.79 Å². The Morgan fingerprint density at radius 1 is 1.11 bits per heavy atom. The Kier molecular flexibility index (Phi) is 6.09. The predicted octanol–water partition coefficient (Wildman–Crippen LogP) is 4.17. The van der Waals surface area contributed by atoms with Crippen molar-refractivity contribution in [3.8, 4) is 17.1 Å². The van der Waals surface area contributed by atoms with Crippen molar-refractivity contribution in [3.05, 3.63) is 65.5 Å². The third-order valence-electron chi connectivity index (χ3n) is 4.66. The minimum Gasteiger partial charge on any atom is -0.483 e. The van der Waals surface area contributed by atoms with Gasteiger partial charge in [0.2, 0.25) is 11.7 Å². The highest BCUT2D eigenvalue weighted by atomic mass is 16.5. The minimum atomic E-state index is -0.129. The fourth-order valence-electron chi connectivity index (χ4n) is 2.83. The summed E-state index contributed by atoms with van der Waals surface area (Å²) in [6.07, 6.45) is 0. The van der Waals surface area contributed by atoms with Gasteiger partial charge in [-0.1, -0.05) is 47.6 Å². The van der Waals surface area contributed by atoms with Gasteiger partial charge in [0.15, 0.2) is 6.61 Å². The van der Waals surface area contributed by atoms with Gasteiger partial charge in [-0.3, -0.25) is 4.79 Å². The normalized spacial score (nSPS) is 10.9. The van der Waals surface area contributed by atoms with Gasteiger partial charge in [0, 0.05) is 11.6 Å². The largest absolute Gasteiger partial charge is 0.483 e. The summed E-state index contributed by atoms with van der Waals surface area (Å²) >= 11 is 0. The zero-order chi connectivity index (χ0) is 20.1. The van der Waals surface area contributed by atoms with Crippen LogP contribution in [0.25, 0.3) is 11.4 Å². The lowest BCUT2D eigenvalue weighted by molar-refractivity contribution is -0.136. The van der Waals surface area contributed by atoms with Crippen LogP contribution < -0.4 is 4.74 Å². The van der Waals surface area contributed by atoms with Crippen LogP contribution in [-0.4, -0.2) is 33.6 Å². The first-order chi connectivity index (χ1) is 13.5. The third kappa shape index (κ3) is 4.57. The summed E-state index contributed by atoms with van der Waals surface area (Å²) in [6, 6.07) is 15.4. The molecule has 0 saturated heterocycles. The molecule has 0 radical (unpaired) electrons. The molecule has 6 nitrogen and oxygen atoms in total. The van der Waals surface area contributed by atoms with Gasteiger partial charge >= 0.3 is 0 Å². The van der Waals surface area contributed by atoms with Crippen molar-refractivity contribution in [1.29, 1.82) is 0 Å². The van der Waals surface area contributed by atoms with E-state index in [0.717, 1.165) is 22.4 Å². The van der Waals surface area contributed by atoms with Gasteiger partial charge < -0.3 is 14.2 Å². The average molecular weight is 379 g/mol. The van der Waals surface area contributed by atoms with Crippen molar-refractivity contribution in [2.45, 2.75) is 40.3 Å². The van der Waals surface area contributed by atoms with E-state index in [-0.39, 0.29) is 25.1 Å². The molecule has 28 heavy (non-hydrogen) atoms. The summed E-state index contributed by atoms with van der Waals surface area (Å²) in [5.74, 6) is 1.50. The van der Waals surface area contributed by atoms with Gasteiger partial charge in [-0.15, -0.1) is 0 Å². The van der Waals surface area contributed by atoms with Gasteiger partial charge in [-0.05, 0) is 44.9 Å². The van der Waals surface area contributed by atoms with Crippen molar-refractivity contribution in [2.75, 3.05) is 6.61 Å². The lowest BCUT2D eigenvalue weighted by Crippen LogP contribution is -2.39. The second kappa shape index (κ2) is 8.69. The van der Waals surface area contributed by atoms with Crippen LogP contribution in [-0.2, 0) is 11.3 Å². The van der Waals surface area contributed by atoms with Crippen LogP contribution in [0.5, 0.6) is 5.75 Å². The molecule has 6 heteroatoms. The van der Waals surface area contributed by atoms with Gasteiger partial charge in [-0.2, -0.15) is 4.98 Å². The molecule has 0 atom stereocenters. The lowest BCUT2D eigenvalue weighted by Gasteiger charge is -2.25. The monoisotopic (exact) mass is 379 g/mol. The van der Waals surface area contributed by atoms with Crippen LogP contribution in [0.15, 0.2) is 53.1 Å². The van der Waals surface area contributed by atoms with Gasteiger partial charge in [-0.25, -0.2) is 0 Å². The molecule has 3 rings (SSSR count). The minimum absolute atomic E-state index is 0.0261. The average Bonchev–Trinajstić information content (AvgIpc) is 3.16. The van der Waals surface area contributed by atoms with Crippen molar-refractivity contribution < 1.29 is 14.1 Å². The number of amides is 1. The number of aromatic nitrogens is 2. The number of aryl methyl sites for hydroxylation is 1. The second-order valence-electron chi connectivity index (χ2n) is 6.98. The van der Waals surface area contributed by atoms with Crippen LogP contribution in [0.1, 0.15) is 30.9 Å². The van der Waals surface area contributed by atoms with E-state index in [4.69, 9.17) is 9.26 Å². The Morgan fingerprint density at radius 3 is 2.57 bits per heavy atom. The fourth-order valence-corrected chi connectivity index (χ4v) is 2.83. The van der Waals surface area contributed by atoms with Crippen molar-refractivity contribution >= 4 is 5.91 Å². The summed E-state index contributed by atoms with van der Waals surface area (Å²) in [4.78, 5) is 18.8. The van der Waals surface area contributed by atoms with Crippen LogP contribution >= 0.6 is 0 Å². The summed E-state index contributed by atoms with van der Waals surface area (Å²) < 4.78 is 11.1. The van der Waals surface area contributed by atoms with Crippen molar-refractivity contribution in [3.63, 3.8) is 0 Å². The van der Waals surface area contributed by atoms with Gasteiger partial charge in [0.1, 0.15) is 12.3 Å². The molecule has 0 bridgehead atoms. The van der Waals surface area contributed by atoms with E-state index in [2.05, 4.69) is 10.1 Å². The Morgan fingerprint density at radius 2 is 1.86 bits per heavy atom. The molecule has 0 aliphatic rings. The Balaban J connectivity index is 1.67. The zero-order valence-electron chi connectivity index (χ0n) is 16.7. The van der Waals surface area contributed by atoms with Crippen LogP contribution in [0.3, 0.4) is 0 Å². The number of rotatable bonds is 7. The van der Waals surface area contributed by atoms with E-state index >= 15 is 0 Å². The molecule has 2 aromatic carbocycles. The highest BCUT2D eigenvalue weighted by Crippen LogP contribution is 2.21. The molecule has 146 valence electrons. The number of hydrogen-bond donors (Lipinski definition) is 0. The van der Waals surface area contributed by atoms with E-state index in [0.29, 0.717) is 11.7 Å². The van der Waals surface area contributed by atoms with E-state index in [1.807, 2.05) is 76.2 Å². The molecule has 1 heterocycles. The topological polar surface area (TPSA) is 68.5 Å². The number of ether oxygens (including phenoxy) is 1.